The molecule has 0 amide bonds. The van der Waals surface area contributed by atoms with E-state index < -0.39 is 0 Å². The molecule has 1 aromatic carbocycles. The standard InChI is InChI=1S/C13H15NO2S2/c1-9(7-13(15)16-2)17-8-12-14-10-5-3-4-6-11(10)18-12/h3-6,9H,7-8H2,1-2H3. The number of hydrogen-bond acceptors (Lipinski definition) is 5. The van der Waals surface area contributed by atoms with Crippen molar-refractivity contribution in [1.82, 2.24) is 4.98 Å². The molecule has 0 radical (unpaired) electrons. The van der Waals surface area contributed by atoms with Crippen molar-refractivity contribution in [2.75, 3.05) is 7.11 Å². The van der Waals surface area contributed by atoms with Crippen LogP contribution in [0, 0.1) is 0 Å². The summed E-state index contributed by atoms with van der Waals surface area (Å²) in [5, 5.41) is 1.36. The summed E-state index contributed by atoms with van der Waals surface area (Å²) >= 11 is 3.45. The van der Waals surface area contributed by atoms with Crippen LogP contribution in [0.15, 0.2) is 24.3 Å². The molecule has 0 saturated heterocycles. The van der Waals surface area contributed by atoms with Gasteiger partial charge in [-0.25, -0.2) is 4.98 Å². The Bertz CT molecular complexity index is 506. The highest BCUT2D eigenvalue weighted by Crippen LogP contribution is 2.27. The van der Waals surface area contributed by atoms with Crippen LogP contribution in [-0.2, 0) is 15.3 Å². The molecule has 3 nitrogen and oxygen atoms in total. The molecule has 0 spiro atoms. The van der Waals surface area contributed by atoms with E-state index in [1.165, 1.54) is 11.8 Å². The van der Waals surface area contributed by atoms with E-state index in [2.05, 4.69) is 15.8 Å². The third-order valence-corrected chi connectivity index (χ3v) is 4.91. The van der Waals surface area contributed by atoms with Gasteiger partial charge in [0, 0.05) is 11.0 Å². The molecule has 5 heteroatoms. The molecule has 0 fully saturated rings. The Kier molecular flexibility index (Phi) is 4.60. The molecule has 2 rings (SSSR count). The van der Waals surface area contributed by atoms with Crippen LogP contribution >= 0.6 is 23.1 Å². The molecular weight excluding hydrogens is 266 g/mol. The molecule has 1 aromatic heterocycles. The monoisotopic (exact) mass is 281 g/mol. The van der Waals surface area contributed by atoms with Crippen LogP contribution in [0.4, 0.5) is 0 Å². The smallest absolute Gasteiger partial charge is 0.306 e. The molecule has 1 atom stereocenters. The van der Waals surface area contributed by atoms with Crippen molar-refractivity contribution in [2.45, 2.75) is 24.3 Å². The van der Waals surface area contributed by atoms with Crippen molar-refractivity contribution in [3.63, 3.8) is 0 Å². The fourth-order valence-corrected chi connectivity index (χ4v) is 3.52. The maximum Gasteiger partial charge on any atom is 0.306 e. The number of carbonyl (C=O) groups excluding carboxylic acids is 1. The first-order valence-electron chi connectivity index (χ1n) is 5.72. The number of fused-ring (bicyclic) bond motifs is 1. The minimum absolute atomic E-state index is 0.153. The van der Waals surface area contributed by atoms with Crippen molar-refractivity contribution in [2.24, 2.45) is 0 Å². The van der Waals surface area contributed by atoms with E-state index in [-0.39, 0.29) is 11.2 Å². The van der Waals surface area contributed by atoms with Crippen molar-refractivity contribution in [3.05, 3.63) is 29.3 Å². The number of benzene rings is 1. The Morgan fingerprint density at radius 1 is 1.50 bits per heavy atom. The Balaban J connectivity index is 1.91. The SMILES string of the molecule is COC(=O)CC(C)SCc1nc2ccccc2s1. The predicted molar refractivity (Wildman–Crippen MR) is 77.0 cm³/mol. The predicted octanol–water partition coefficient (Wildman–Crippen LogP) is 3.48. The van der Waals surface area contributed by atoms with E-state index in [1.54, 1.807) is 23.1 Å². The second-order valence-electron chi connectivity index (χ2n) is 3.98. The van der Waals surface area contributed by atoms with Gasteiger partial charge in [0.05, 0.1) is 23.7 Å². The van der Waals surface area contributed by atoms with Crippen LogP contribution in [0.25, 0.3) is 10.2 Å². The summed E-state index contributed by atoms with van der Waals surface area (Å²) in [4.78, 5) is 15.7. The van der Waals surface area contributed by atoms with E-state index in [0.717, 1.165) is 16.3 Å². The number of ether oxygens (including phenoxy) is 1. The summed E-state index contributed by atoms with van der Waals surface area (Å²) in [7, 11) is 1.42. The highest BCUT2D eigenvalue weighted by molar-refractivity contribution is 7.99. The zero-order valence-electron chi connectivity index (χ0n) is 10.4. The van der Waals surface area contributed by atoms with Crippen LogP contribution in [0.5, 0.6) is 0 Å². The van der Waals surface area contributed by atoms with Gasteiger partial charge in [-0.15, -0.1) is 11.3 Å². The summed E-state index contributed by atoms with van der Waals surface area (Å²) in [5.41, 5.74) is 1.05. The van der Waals surface area contributed by atoms with Crippen molar-refractivity contribution in [3.8, 4) is 0 Å². The summed E-state index contributed by atoms with van der Waals surface area (Å²) in [5.74, 6) is 0.691. The van der Waals surface area contributed by atoms with Crippen LogP contribution in [0.1, 0.15) is 18.4 Å². The van der Waals surface area contributed by atoms with Crippen LogP contribution < -0.4 is 0 Å². The van der Waals surface area contributed by atoms with Gasteiger partial charge in [-0.2, -0.15) is 11.8 Å². The lowest BCUT2D eigenvalue weighted by Gasteiger charge is -2.07. The maximum atomic E-state index is 11.1. The van der Waals surface area contributed by atoms with Gasteiger partial charge in [-0.3, -0.25) is 4.79 Å². The molecule has 0 N–H and O–H groups in total. The topological polar surface area (TPSA) is 39.2 Å². The lowest BCUT2D eigenvalue weighted by atomic mass is 10.3. The van der Waals surface area contributed by atoms with E-state index in [0.29, 0.717) is 6.42 Å². The first kappa shape index (κ1) is 13.4. The minimum Gasteiger partial charge on any atom is -0.469 e. The van der Waals surface area contributed by atoms with Gasteiger partial charge in [0.25, 0.3) is 0 Å². The summed E-state index contributed by atoms with van der Waals surface area (Å²) in [6.07, 6.45) is 0.450. The molecule has 1 heterocycles. The summed E-state index contributed by atoms with van der Waals surface area (Å²) in [6.45, 7) is 2.04. The Morgan fingerprint density at radius 2 is 2.28 bits per heavy atom. The number of carbonyl (C=O) groups is 1. The van der Waals surface area contributed by atoms with Crippen molar-refractivity contribution < 1.29 is 9.53 Å². The second kappa shape index (κ2) is 6.20. The summed E-state index contributed by atoms with van der Waals surface area (Å²) in [6, 6.07) is 8.13. The molecular formula is C13H15NO2S2. The molecule has 0 bridgehead atoms. The van der Waals surface area contributed by atoms with Gasteiger partial charge in [0.1, 0.15) is 5.01 Å². The fraction of sp³-hybridized carbons (Fsp3) is 0.385. The Hall–Kier alpha value is -1.07. The number of para-hydroxylation sites is 1. The van der Waals surface area contributed by atoms with Gasteiger partial charge < -0.3 is 4.74 Å². The number of thioether (sulfide) groups is 1. The zero-order valence-corrected chi connectivity index (χ0v) is 12.0. The van der Waals surface area contributed by atoms with Gasteiger partial charge in [-0.1, -0.05) is 19.1 Å². The molecule has 0 aliphatic heterocycles. The quantitative estimate of drug-likeness (QED) is 0.787. The number of rotatable bonds is 5. The zero-order chi connectivity index (χ0) is 13.0. The van der Waals surface area contributed by atoms with E-state index >= 15 is 0 Å². The van der Waals surface area contributed by atoms with E-state index in [9.17, 15) is 4.79 Å². The molecule has 96 valence electrons. The molecule has 0 aliphatic rings. The van der Waals surface area contributed by atoms with Crippen LogP contribution in [0.3, 0.4) is 0 Å². The Labute approximate surface area is 115 Å². The van der Waals surface area contributed by atoms with Crippen molar-refractivity contribution in [1.29, 1.82) is 0 Å². The van der Waals surface area contributed by atoms with Crippen LogP contribution in [-0.4, -0.2) is 23.3 Å². The average Bonchev–Trinajstić information content (AvgIpc) is 2.79. The summed E-state index contributed by atoms with van der Waals surface area (Å²) < 4.78 is 5.87. The molecule has 0 aliphatic carbocycles. The number of esters is 1. The van der Waals surface area contributed by atoms with Gasteiger partial charge in [0.2, 0.25) is 0 Å². The lowest BCUT2D eigenvalue weighted by Crippen LogP contribution is -2.08. The molecule has 18 heavy (non-hydrogen) atoms. The van der Waals surface area contributed by atoms with Gasteiger partial charge in [-0.05, 0) is 12.1 Å². The van der Waals surface area contributed by atoms with Gasteiger partial charge in [0.15, 0.2) is 0 Å². The average molecular weight is 281 g/mol. The van der Waals surface area contributed by atoms with Crippen molar-refractivity contribution >= 4 is 39.3 Å². The number of aromatic nitrogens is 1. The number of methoxy groups -OCH3 is 1. The lowest BCUT2D eigenvalue weighted by molar-refractivity contribution is -0.140. The number of thiazole rings is 1. The normalized spacial score (nSPS) is 12.6. The van der Waals surface area contributed by atoms with Gasteiger partial charge >= 0.3 is 5.97 Å². The molecule has 2 aromatic rings. The molecule has 0 saturated carbocycles. The first-order chi connectivity index (χ1) is 8.69. The molecule has 1 unspecified atom stereocenters. The third-order valence-electron chi connectivity index (χ3n) is 2.51. The minimum atomic E-state index is -0.153. The van der Waals surface area contributed by atoms with Crippen LogP contribution in [0.2, 0.25) is 0 Å². The largest absolute Gasteiger partial charge is 0.469 e. The van der Waals surface area contributed by atoms with E-state index in [4.69, 9.17) is 0 Å². The fourth-order valence-electron chi connectivity index (χ4n) is 1.57. The number of hydrogen-bond donors (Lipinski definition) is 0. The van der Waals surface area contributed by atoms with E-state index in [1.807, 2.05) is 25.1 Å². The highest BCUT2D eigenvalue weighted by Gasteiger charge is 2.11. The highest BCUT2D eigenvalue weighted by atomic mass is 32.2. The first-order valence-corrected chi connectivity index (χ1v) is 7.58. The second-order valence-corrected chi connectivity index (χ2v) is 6.52. The Morgan fingerprint density at radius 3 is 3.00 bits per heavy atom. The number of nitrogens with zero attached hydrogens (tertiary/aromatic N) is 1. The third kappa shape index (κ3) is 3.46. The maximum absolute atomic E-state index is 11.1.